The molecular weight excluding hydrogens is 196 g/mol. The van der Waals surface area contributed by atoms with Gasteiger partial charge >= 0.3 is 0 Å². The summed E-state index contributed by atoms with van der Waals surface area (Å²) in [5.41, 5.74) is 6.54. The van der Waals surface area contributed by atoms with E-state index in [0.717, 1.165) is 12.5 Å². The average molecular weight is 226 g/mol. The zero-order valence-corrected chi connectivity index (χ0v) is 11.8. The molecule has 16 heavy (non-hydrogen) atoms. The van der Waals surface area contributed by atoms with Gasteiger partial charge in [0.15, 0.2) is 0 Å². The summed E-state index contributed by atoms with van der Waals surface area (Å²) in [4.78, 5) is 2.62. The van der Waals surface area contributed by atoms with Gasteiger partial charge in [0, 0.05) is 6.54 Å². The normalized spacial score (nSPS) is 24.0. The van der Waals surface area contributed by atoms with Crippen molar-refractivity contribution in [2.24, 2.45) is 22.5 Å². The SMILES string of the molecule is CC(C)(CN)CCN1CCC(C(C)(C)C)C1. The minimum atomic E-state index is 0.305. The van der Waals surface area contributed by atoms with Gasteiger partial charge in [0.05, 0.1) is 0 Å². The first-order chi connectivity index (χ1) is 7.24. The van der Waals surface area contributed by atoms with Crippen LogP contribution in [0.15, 0.2) is 0 Å². The van der Waals surface area contributed by atoms with Crippen molar-refractivity contribution in [1.82, 2.24) is 4.90 Å². The Morgan fingerprint density at radius 2 is 1.81 bits per heavy atom. The van der Waals surface area contributed by atoms with E-state index in [-0.39, 0.29) is 0 Å². The zero-order chi connectivity index (χ0) is 12.4. The maximum absolute atomic E-state index is 5.77. The van der Waals surface area contributed by atoms with Crippen LogP contribution in [0.3, 0.4) is 0 Å². The third-order valence-electron chi connectivity index (χ3n) is 4.15. The van der Waals surface area contributed by atoms with Crippen LogP contribution >= 0.6 is 0 Å². The minimum Gasteiger partial charge on any atom is -0.330 e. The van der Waals surface area contributed by atoms with Crippen molar-refractivity contribution in [2.75, 3.05) is 26.2 Å². The fourth-order valence-electron chi connectivity index (χ4n) is 2.31. The summed E-state index contributed by atoms with van der Waals surface area (Å²) in [5.74, 6) is 0.869. The van der Waals surface area contributed by atoms with Gasteiger partial charge in [-0.3, -0.25) is 0 Å². The molecule has 0 aromatic heterocycles. The molecule has 2 heteroatoms. The van der Waals surface area contributed by atoms with Gasteiger partial charge in [0.25, 0.3) is 0 Å². The molecule has 0 bridgehead atoms. The summed E-state index contributed by atoms with van der Waals surface area (Å²) in [5, 5.41) is 0. The van der Waals surface area contributed by atoms with Crippen LogP contribution in [-0.2, 0) is 0 Å². The van der Waals surface area contributed by atoms with E-state index in [2.05, 4.69) is 39.5 Å². The fraction of sp³-hybridized carbons (Fsp3) is 1.00. The minimum absolute atomic E-state index is 0.305. The highest BCUT2D eigenvalue weighted by Crippen LogP contribution is 2.34. The summed E-state index contributed by atoms with van der Waals surface area (Å²) in [6, 6.07) is 0. The quantitative estimate of drug-likeness (QED) is 0.798. The van der Waals surface area contributed by atoms with E-state index in [1.54, 1.807) is 0 Å². The maximum Gasteiger partial charge on any atom is 0.00151 e. The molecule has 1 saturated heterocycles. The Bertz CT molecular complexity index is 215. The Labute approximate surface area is 102 Å². The van der Waals surface area contributed by atoms with Gasteiger partial charge in [-0.15, -0.1) is 0 Å². The van der Waals surface area contributed by atoms with Crippen LogP contribution in [0.4, 0.5) is 0 Å². The van der Waals surface area contributed by atoms with Gasteiger partial charge in [0.1, 0.15) is 0 Å². The molecule has 1 fully saturated rings. The van der Waals surface area contributed by atoms with Crippen molar-refractivity contribution in [3.8, 4) is 0 Å². The summed E-state index contributed by atoms with van der Waals surface area (Å²) in [6.07, 6.45) is 2.59. The molecule has 0 aromatic carbocycles. The molecule has 0 saturated carbocycles. The lowest BCUT2D eigenvalue weighted by atomic mass is 9.80. The summed E-state index contributed by atoms with van der Waals surface area (Å²) >= 11 is 0. The molecular formula is C14H30N2. The van der Waals surface area contributed by atoms with Crippen LogP contribution in [0.2, 0.25) is 0 Å². The van der Waals surface area contributed by atoms with E-state index in [0.29, 0.717) is 10.8 Å². The number of rotatable bonds is 4. The standard InChI is InChI=1S/C14H30N2/c1-13(2,3)12-6-8-16(10-12)9-7-14(4,5)11-15/h12H,6-11,15H2,1-5H3. The van der Waals surface area contributed by atoms with Crippen molar-refractivity contribution in [2.45, 2.75) is 47.5 Å². The lowest BCUT2D eigenvalue weighted by Crippen LogP contribution is -2.32. The topological polar surface area (TPSA) is 29.3 Å². The van der Waals surface area contributed by atoms with Crippen molar-refractivity contribution < 1.29 is 0 Å². The van der Waals surface area contributed by atoms with Crippen molar-refractivity contribution >= 4 is 0 Å². The van der Waals surface area contributed by atoms with Gasteiger partial charge < -0.3 is 10.6 Å². The molecule has 2 nitrogen and oxygen atoms in total. The fourth-order valence-corrected chi connectivity index (χ4v) is 2.31. The van der Waals surface area contributed by atoms with Crippen LogP contribution in [0.5, 0.6) is 0 Å². The Morgan fingerprint density at radius 3 is 2.25 bits per heavy atom. The van der Waals surface area contributed by atoms with Crippen LogP contribution in [0.1, 0.15) is 47.5 Å². The highest BCUT2D eigenvalue weighted by Gasteiger charge is 2.32. The number of hydrogen-bond donors (Lipinski definition) is 1. The smallest absolute Gasteiger partial charge is 0.00151 e. The highest BCUT2D eigenvalue weighted by molar-refractivity contribution is 4.84. The molecule has 96 valence electrons. The Balaban J connectivity index is 2.32. The van der Waals surface area contributed by atoms with E-state index < -0.39 is 0 Å². The van der Waals surface area contributed by atoms with E-state index in [1.165, 1.54) is 32.5 Å². The predicted molar refractivity (Wildman–Crippen MR) is 71.5 cm³/mol. The van der Waals surface area contributed by atoms with Gasteiger partial charge in [-0.2, -0.15) is 0 Å². The lowest BCUT2D eigenvalue weighted by Gasteiger charge is -2.28. The Hall–Kier alpha value is -0.0800. The molecule has 0 aromatic rings. The third kappa shape index (κ3) is 4.06. The molecule has 2 N–H and O–H groups in total. The first kappa shape index (κ1) is 14.0. The van der Waals surface area contributed by atoms with Crippen LogP contribution in [0.25, 0.3) is 0 Å². The molecule has 0 aliphatic carbocycles. The molecule has 1 rings (SSSR count). The van der Waals surface area contributed by atoms with E-state index in [4.69, 9.17) is 5.73 Å². The molecule has 1 heterocycles. The average Bonchev–Trinajstić information content (AvgIpc) is 2.63. The Morgan fingerprint density at radius 1 is 1.19 bits per heavy atom. The predicted octanol–water partition coefficient (Wildman–Crippen LogP) is 2.73. The van der Waals surface area contributed by atoms with Crippen molar-refractivity contribution in [3.05, 3.63) is 0 Å². The zero-order valence-electron chi connectivity index (χ0n) is 11.8. The van der Waals surface area contributed by atoms with Crippen LogP contribution < -0.4 is 5.73 Å². The maximum atomic E-state index is 5.77. The first-order valence-electron chi connectivity index (χ1n) is 6.67. The highest BCUT2D eigenvalue weighted by atomic mass is 15.1. The number of hydrogen-bond acceptors (Lipinski definition) is 2. The largest absolute Gasteiger partial charge is 0.330 e. The van der Waals surface area contributed by atoms with Gasteiger partial charge in [-0.05, 0) is 49.2 Å². The van der Waals surface area contributed by atoms with Gasteiger partial charge in [0.2, 0.25) is 0 Å². The molecule has 1 atom stereocenters. The molecule has 0 amide bonds. The number of nitrogens with zero attached hydrogens (tertiary/aromatic N) is 1. The van der Waals surface area contributed by atoms with Crippen LogP contribution in [0, 0.1) is 16.7 Å². The summed E-state index contributed by atoms with van der Waals surface area (Å²) < 4.78 is 0. The van der Waals surface area contributed by atoms with Gasteiger partial charge in [-0.25, -0.2) is 0 Å². The molecule has 1 aliphatic rings. The first-order valence-corrected chi connectivity index (χ1v) is 6.67. The van der Waals surface area contributed by atoms with E-state index in [9.17, 15) is 0 Å². The van der Waals surface area contributed by atoms with Crippen molar-refractivity contribution in [1.29, 1.82) is 0 Å². The van der Waals surface area contributed by atoms with E-state index >= 15 is 0 Å². The lowest BCUT2D eigenvalue weighted by molar-refractivity contribution is 0.210. The second kappa shape index (κ2) is 5.05. The molecule has 1 aliphatic heterocycles. The number of likely N-dealkylation sites (tertiary alicyclic amines) is 1. The van der Waals surface area contributed by atoms with Crippen molar-refractivity contribution in [3.63, 3.8) is 0 Å². The van der Waals surface area contributed by atoms with Gasteiger partial charge in [-0.1, -0.05) is 34.6 Å². The molecule has 0 radical (unpaired) electrons. The number of nitrogens with two attached hydrogens (primary N) is 1. The molecule has 1 unspecified atom stereocenters. The van der Waals surface area contributed by atoms with E-state index in [1.807, 2.05) is 0 Å². The van der Waals surface area contributed by atoms with Crippen LogP contribution in [-0.4, -0.2) is 31.1 Å². The monoisotopic (exact) mass is 226 g/mol. The molecule has 0 spiro atoms. The second-order valence-corrected chi connectivity index (χ2v) is 7.27. The second-order valence-electron chi connectivity index (χ2n) is 7.27. The summed E-state index contributed by atoms with van der Waals surface area (Å²) in [6.45, 7) is 16.2. The summed E-state index contributed by atoms with van der Waals surface area (Å²) in [7, 11) is 0. The third-order valence-corrected chi connectivity index (χ3v) is 4.15. The Kier molecular flexibility index (Phi) is 4.42.